The molecule has 114 valence electrons. The Kier molecular flexibility index (Phi) is 2.83. The fraction of sp³-hybridized carbons (Fsp3) is 0.462. The summed E-state index contributed by atoms with van der Waals surface area (Å²) in [4.78, 5) is 4.31. The van der Waals surface area contributed by atoms with Crippen LogP contribution in [0.3, 0.4) is 0 Å². The van der Waals surface area contributed by atoms with Gasteiger partial charge in [0.15, 0.2) is 5.69 Å². The van der Waals surface area contributed by atoms with Crippen molar-refractivity contribution in [1.29, 1.82) is 0 Å². The monoisotopic (exact) mass is 301 g/mol. The second-order valence-corrected chi connectivity index (χ2v) is 5.90. The van der Waals surface area contributed by atoms with Crippen molar-refractivity contribution >= 4 is 0 Å². The zero-order valence-electron chi connectivity index (χ0n) is 12.3. The Morgan fingerprint density at radius 3 is 2.86 bits per heavy atom. The topological polar surface area (TPSA) is 96.7 Å². The van der Waals surface area contributed by atoms with Gasteiger partial charge >= 0.3 is 0 Å². The Bertz CT molecular complexity index is 799. The summed E-state index contributed by atoms with van der Waals surface area (Å²) in [6.45, 7) is 4.39. The lowest BCUT2D eigenvalue weighted by molar-refractivity contribution is -0.111. The first-order valence-electron chi connectivity index (χ1n) is 6.93. The third kappa shape index (κ3) is 2.29. The fourth-order valence-electron chi connectivity index (χ4n) is 2.37. The molecule has 1 aliphatic rings. The zero-order chi connectivity index (χ0) is 15.2. The highest BCUT2D eigenvalue weighted by molar-refractivity contribution is 5.52. The predicted molar refractivity (Wildman–Crippen MR) is 74.4 cm³/mol. The third-order valence-electron chi connectivity index (χ3n) is 3.57. The molecule has 0 amide bonds. The van der Waals surface area contributed by atoms with Gasteiger partial charge in [-0.05, 0) is 6.07 Å². The lowest BCUT2D eigenvalue weighted by atomic mass is 9.89. The summed E-state index contributed by atoms with van der Waals surface area (Å²) < 4.78 is 14.0. The van der Waals surface area contributed by atoms with Crippen molar-refractivity contribution in [2.24, 2.45) is 12.5 Å². The van der Waals surface area contributed by atoms with E-state index in [-0.39, 0.29) is 5.41 Å². The van der Waals surface area contributed by atoms with Crippen molar-refractivity contribution in [3.05, 3.63) is 18.5 Å². The lowest BCUT2D eigenvalue weighted by Crippen LogP contribution is -2.43. The molecule has 3 aromatic rings. The lowest BCUT2D eigenvalue weighted by Gasteiger charge is -2.37. The SMILES string of the molecule is Cn1ccc(-c2noc(-c3cn(CC4(C)COC4)nn3)n2)n1. The van der Waals surface area contributed by atoms with Crippen LogP contribution in [-0.4, -0.2) is 48.1 Å². The Labute approximate surface area is 125 Å². The summed E-state index contributed by atoms with van der Waals surface area (Å²) in [7, 11) is 1.83. The molecule has 0 radical (unpaired) electrons. The quantitative estimate of drug-likeness (QED) is 0.702. The molecule has 4 rings (SSSR count). The number of aryl methyl sites for hydroxylation is 1. The van der Waals surface area contributed by atoms with E-state index in [1.165, 1.54) is 0 Å². The normalized spacial score (nSPS) is 16.6. The van der Waals surface area contributed by atoms with Crippen LogP contribution in [0.15, 0.2) is 23.0 Å². The van der Waals surface area contributed by atoms with Gasteiger partial charge in [-0.3, -0.25) is 9.36 Å². The highest BCUT2D eigenvalue weighted by Gasteiger charge is 2.34. The first-order chi connectivity index (χ1) is 10.6. The Hall–Kier alpha value is -2.55. The van der Waals surface area contributed by atoms with Gasteiger partial charge in [0.25, 0.3) is 5.89 Å². The minimum atomic E-state index is 0.124. The molecule has 1 saturated heterocycles. The maximum Gasteiger partial charge on any atom is 0.280 e. The standard InChI is InChI=1S/C13H15N7O2/c1-13(7-21-8-13)6-20-5-10(15-18-20)12-14-11(17-22-12)9-3-4-19(2)16-9/h3-5H,6-8H2,1-2H3. The minimum Gasteiger partial charge on any atom is -0.380 e. The first kappa shape index (κ1) is 13.1. The molecule has 4 heterocycles. The largest absolute Gasteiger partial charge is 0.380 e. The number of nitrogens with zero attached hydrogens (tertiary/aromatic N) is 7. The van der Waals surface area contributed by atoms with Gasteiger partial charge in [0, 0.05) is 18.7 Å². The van der Waals surface area contributed by atoms with E-state index in [0.29, 0.717) is 23.1 Å². The van der Waals surface area contributed by atoms with E-state index in [0.717, 1.165) is 19.8 Å². The maximum absolute atomic E-state index is 5.25. The van der Waals surface area contributed by atoms with Crippen LogP contribution >= 0.6 is 0 Å². The highest BCUT2D eigenvalue weighted by atomic mass is 16.5. The van der Waals surface area contributed by atoms with E-state index in [1.807, 2.05) is 19.3 Å². The molecule has 0 aromatic carbocycles. The van der Waals surface area contributed by atoms with Crippen molar-refractivity contribution in [3.63, 3.8) is 0 Å². The van der Waals surface area contributed by atoms with Crippen molar-refractivity contribution in [2.75, 3.05) is 13.2 Å². The minimum absolute atomic E-state index is 0.124. The molecule has 0 spiro atoms. The molecule has 1 fully saturated rings. The second-order valence-electron chi connectivity index (χ2n) is 5.90. The Morgan fingerprint density at radius 1 is 1.32 bits per heavy atom. The van der Waals surface area contributed by atoms with E-state index in [1.54, 1.807) is 15.6 Å². The number of aromatic nitrogens is 7. The fourth-order valence-corrected chi connectivity index (χ4v) is 2.37. The van der Waals surface area contributed by atoms with Gasteiger partial charge < -0.3 is 9.26 Å². The molecule has 0 unspecified atom stereocenters. The second kappa shape index (κ2) is 4.73. The van der Waals surface area contributed by atoms with E-state index in [4.69, 9.17) is 9.26 Å². The number of hydrogen-bond donors (Lipinski definition) is 0. The van der Waals surface area contributed by atoms with Crippen LogP contribution in [0.1, 0.15) is 6.92 Å². The van der Waals surface area contributed by atoms with Gasteiger partial charge in [-0.2, -0.15) is 10.1 Å². The van der Waals surface area contributed by atoms with Crippen molar-refractivity contribution < 1.29 is 9.26 Å². The smallest absolute Gasteiger partial charge is 0.280 e. The molecule has 0 bridgehead atoms. The first-order valence-corrected chi connectivity index (χ1v) is 6.93. The van der Waals surface area contributed by atoms with Crippen LogP contribution in [-0.2, 0) is 18.3 Å². The molecule has 9 nitrogen and oxygen atoms in total. The predicted octanol–water partition coefficient (Wildman–Crippen LogP) is 0.765. The van der Waals surface area contributed by atoms with Gasteiger partial charge in [0.1, 0.15) is 5.69 Å². The zero-order valence-corrected chi connectivity index (χ0v) is 12.3. The van der Waals surface area contributed by atoms with Crippen molar-refractivity contribution in [2.45, 2.75) is 13.5 Å². The molecular weight excluding hydrogens is 286 g/mol. The van der Waals surface area contributed by atoms with Crippen LogP contribution in [0.5, 0.6) is 0 Å². The maximum atomic E-state index is 5.25. The molecule has 0 atom stereocenters. The number of hydrogen-bond acceptors (Lipinski definition) is 7. The Balaban J connectivity index is 1.55. The van der Waals surface area contributed by atoms with Gasteiger partial charge in [-0.15, -0.1) is 5.10 Å². The molecule has 3 aromatic heterocycles. The van der Waals surface area contributed by atoms with E-state index in [2.05, 4.69) is 32.5 Å². The van der Waals surface area contributed by atoms with Crippen LogP contribution in [0.25, 0.3) is 23.1 Å². The van der Waals surface area contributed by atoms with Gasteiger partial charge in [0.2, 0.25) is 5.82 Å². The highest BCUT2D eigenvalue weighted by Crippen LogP contribution is 2.28. The van der Waals surface area contributed by atoms with Crippen LogP contribution in [0, 0.1) is 5.41 Å². The van der Waals surface area contributed by atoms with Gasteiger partial charge in [-0.25, -0.2) is 0 Å². The van der Waals surface area contributed by atoms with E-state index >= 15 is 0 Å². The average molecular weight is 301 g/mol. The summed E-state index contributed by atoms with van der Waals surface area (Å²) in [5, 5.41) is 16.4. The number of ether oxygens (including phenoxy) is 1. The summed E-state index contributed by atoms with van der Waals surface area (Å²) in [6.07, 6.45) is 3.63. The van der Waals surface area contributed by atoms with E-state index < -0.39 is 0 Å². The molecule has 1 aliphatic heterocycles. The number of rotatable bonds is 4. The van der Waals surface area contributed by atoms with Crippen molar-refractivity contribution in [3.8, 4) is 23.1 Å². The molecule has 22 heavy (non-hydrogen) atoms. The molecule has 0 aliphatic carbocycles. The molecule has 9 heteroatoms. The Morgan fingerprint density at radius 2 is 2.18 bits per heavy atom. The third-order valence-corrected chi connectivity index (χ3v) is 3.57. The van der Waals surface area contributed by atoms with Crippen LogP contribution < -0.4 is 0 Å². The molecule has 0 saturated carbocycles. The van der Waals surface area contributed by atoms with Gasteiger partial charge in [0.05, 0.1) is 26.0 Å². The summed E-state index contributed by atoms with van der Waals surface area (Å²) in [5.74, 6) is 0.770. The average Bonchev–Trinajstić information content (AvgIpc) is 3.15. The van der Waals surface area contributed by atoms with Gasteiger partial charge in [-0.1, -0.05) is 17.3 Å². The van der Waals surface area contributed by atoms with Crippen LogP contribution in [0.2, 0.25) is 0 Å². The summed E-state index contributed by atoms with van der Waals surface area (Å²) in [6, 6.07) is 1.82. The van der Waals surface area contributed by atoms with Crippen LogP contribution in [0.4, 0.5) is 0 Å². The summed E-state index contributed by atoms with van der Waals surface area (Å²) >= 11 is 0. The molecule has 0 N–H and O–H groups in total. The summed E-state index contributed by atoms with van der Waals surface area (Å²) in [5.41, 5.74) is 1.33. The molecular formula is C13H15N7O2. The van der Waals surface area contributed by atoms with Crippen molar-refractivity contribution in [1.82, 2.24) is 34.9 Å². The van der Waals surface area contributed by atoms with E-state index in [9.17, 15) is 0 Å².